The van der Waals surface area contributed by atoms with E-state index in [0.29, 0.717) is 11.3 Å². The Labute approximate surface area is 147 Å². The maximum absolute atomic E-state index is 10.9. The van der Waals surface area contributed by atoms with Crippen molar-refractivity contribution in [1.82, 2.24) is 0 Å². The summed E-state index contributed by atoms with van der Waals surface area (Å²) in [6.07, 6.45) is 0. The number of aromatic hydroxyl groups is 1. The van der Waals surface area contributed by atoms with E-state index < -0.39 is 0 Å². The highest BCUT2D eigenvalue weighted by Gasteiger charge is 2.16. The average molecular weight is 336 g/mol. The Hall–Kier alpha value is -3.14. The first kappa shape index (κ1) is 16.7. The Morgan fingerprint density at radius 2 is 1.12 bits per heavy atom. The minimum Gasteiger partial charge on any atom is -0.507 e. The van der Waals surface area contributed by atoms with Crippen molar-refractivity contribution in [3.05, 3.63) is 60.7 Å². The largest absolute Gasteiger partial charge is 0.507 e. The Morgan fingerprint density at radius 1 is 0.600 bits per heavy atom. The molecule has 3 rings (SSSR count). The van der Waals surface area contributed by atoms with Gasteiger partial charge in [-0.05, 0) is 47.5 Å². The van der Waals surface area contributed by atoms with E-state index >= 15 is 0 Å². The molecule has 0 heterocycles. The number of rotatable bonds is 5. The fraction of sp³-hybridized carbons (Fsp3) is 0.143. The van der Waals surface area contributed by atoms with Crippen molar-refractivity contribution in [3.63, 3.8) is 0 Å². The van der Waals surface area contributed by atoms with Crippen molar-refractivity contribution in [2.75, 3.05) is 21.3 Å². The highest BCUT2D eigenvalue weighted by molar-refractivity contribution is 5.86. The van der Waals surface area contributed by atoms with E-state index in [1.54, 1.807) is 21.3 Å². The van der Waals surface area contributed by atoms with Gasteiger partial charge < -0.3 is 19.3 Å². The second-order valence-electron chi connectivity index (χ2n) is 5.50. The molecule has 4 nitrogen and oxygen atoms in total. The molecule has 0 saturated heterocycles. The van der Waals surface area contributed by atoms with Crippen LogP contribution >= 0.6 is 0 Å². The highest BCUT2D eigenvalue weighted by atomic mass is 16.5. The predicted octanol–water partition coefficient (Wildman–Crippen LogP) is 4.75. The van der Waals surface area contributed by atoms with Gasteiger partial charge >= 0.3 is 0 Å². The van der Waals surface area contributed by atoms with E-state index in [1.807, 2.05) is 60.7 Å². The number of phenols is 1. The van der Waals surface area contributed by atoms with Crippen LogP contribution in [0.5, 0.6) is 23.0 Å². The summed E-state index contributed by atoms with van der Waals surface area (Å²) in [5.41, 5.74) is 3.13. The number of hydrogen-bond acceptors (Lipinski definition) is 4. The second-order valence-corrected chi connectivity index (χ2v) is 5.50. The van der Waals surface area contributed by atoms with Crippen LogP contribution in [-0.2, 0) is 0 Å². The Bertz CT molecular complexity index is 852. The van der Waals surface area contributed by atoms with Crippen LogP contribution in [0.15, 0.2) is 60.7 Å². The summed E-state index contributed by atoms with van der Waals surface area (Å²) in [7, 11) is 4.84. The predicted molar refractivity (Wildman–Crippen MR) is 98.6 cm³/mol. The lowest BCUT2D eigenvalue weighted by Gasteiger charge is -2.15. The van der Waals surface area contributed by atoms with E-state index in [1.165, 1.54) is 0 Å². The van der Waals surface area contributed by atoms with Crippen LogP contribution in [0.25, 0.3) is 22.3 Å². The molecule has 0 spiro atoms. The fourth-order valence-corrected chi connectivity index (χ4v) is 2.78. The summed E-state index contributed by atoms with van der Waals surface area (Å²) in [5, 5.41) is 10.9. The molecule has 0 aliphatic rings. The van der Waals surface area contributed by atoms with Crippen LogP contribution in [0.1, 0.15) is 0 Å². The van der Waals surface area contributed by atoms with E-state index in [2.05, 4.69) is 0 Å². The lowest BCUT2D eigenvalue weighted by atomic mass is 9.96. The van der Waals surface area contributed by atoms with Gasteiger partial charge in [0.1, 0.15) is 23.0 Å². The van der Waals surface area contributed by atoms with Gasteiger partial charge in [-0.1, -0.05) is 24.3 Å². The first-order chi connectivity index (χ1) is 12.2. The summed E-state index contributed by atoms with van der Waals surface area (Å²) in [4.78, 5) is 0. The van der Waals surface area contributed by atoms with Crippen molar-refractivity contribution in [1.29, 1.82) is 0 Å². The van der Waals surface area contributed by atoms with Gasteiger partial charge in [0.2, 0.25) is 0 Å². The quantitative estimate of drug-likeness (QED) is 0.730. The van der Waals surface area contributed by atoms with Crippen LogP contribution in [0.2, 0.25) is 0 Å². The number of methoxy groups -OCH3 is 3. The van der Waals surface area contributed by atoms with Crippen LogP contribution in [-0.4, -0.2) is 26.4 Å². The molecule has 0 bridgehead atoms. The van der Waals surface area contributed by atoms with E-state index in [9.17, 15) is 5.11 Å². The van der Waals surface area contributed by atoms with Gasteiger partial charge in [0, 0.05) is 5.56 Å². The van der Waals surface area contributed by atoms with Crippen LogP contribution < -0.4 is 14.2 Å². The van der Waals surface area contributed by atoms with E-state index in [0.717, 1.165) is 28.2 Å². The topological polar surface area (TPSA) is 47.9 Å². The summed E-state index contributed by atoms with van der Waals surface area (Å²) < 4.78 is 15.8. The third kappa shape index (κ3) is 3.24. The van der Waals surface area contributed by atoms with Crippen molar-refractivity contribution >= 4 is 0 Å². The molecular weight excluding hydrogens is 316 g/mol. The summed E-state index contributed by atoms with van der Waals surface area (Å²) in [5.74, 6) is 2.32. The van der Waals surface area contributed by atoms with Gasteiger partial charge in [-0.2, -0.15) is 0 Å². The molecule has 4 heteroatoms. The monoisotopic (exact) mass is 336 g/mol. The molecule has 0 atom stereocenters. The molecule has 128 valence electrons. The zero-order chi connectivity index (χ0) is 17.8. The SMILES string of the molecule is COc1ccc(-c2ccc(OC)c(-c3ccc(OC)cc3)c2O)cc1. The molecule has 25 heavy (non-hydrogen) atoms. The van der Waals surface area contributed by atoms with Crippen LogP contribution in [0, 0.1) is 0 Å². The van der Waals surface area contributed by atoms with Gasteiger partial charge in [-0.3, -0.25) is 0 Å². The first-order valence-electron chi connectivity index (χ1n) is 7.86. The molecule has 0 saturated carbocycles. The lowest BCUT2D eigenvalue weighted by Crippen LogP contribution is -1.92. The molecule has 0 fully saturated rings. The Morgan fingerprint density at radius 3 is 1.60 bits per heavy atom. The van der Waals surface area contributed by atoms with Crippen molar-refractivity contribution in [2.45, 2.75) is 0 Å². The minimum atomic E-state index is 0.176. The molecule has 0 aliphatic heterocycles. The fourth-order valence-electron chi connectivity index (χ4n) is 2.78. The normalized spacial score (nSPS) is 10.4. The van der Waals surface area contributed by atoms with Crippen molar-refractivity contribution < 1.29 is 19.3 Å². The molecule has 3 aromatic rings. The number of ether oxygens (including phenoxy) is 3. The van der Waals surface area contributed by atoms with Gasteiger partial charge in [0.25, 0.3) is 0 Å². The van der Waals surface area contributed by atoms with Gasteiger partial charge in [-0.25, -0.2) is 0 Å². The molecular formula is C21H20O4. The molecule has 0 unspecified atom stereocenters. The summed E-state index contributed by atoms with van der Waals surface area (Å²) >= 11 is 0. The van der Waals surface area contributed by atoms with Crippen LogP contribution in [0.3, 0.4) is 0 Å². The van der Waals surface area contributed by atoms with E-state index in [4.69, 9.17) is 14.2 Å². The zero-order valence-corrected chi connectivity index (χ0v) is 14.4. The average Bonchev–Trinajstić information content (AvgIpc) is 2.68. The van der Waals surface area contributed by atoms with Gasteiger partial charge in [0.05, 0.1) is 26.9 Å². The molecule has 0 amide bonds. The van der Waals surface area contributed by atoms with Gasteiger partial charge in [0.15, 0.2) is 0 Å². The number of hydrogen-bond donors (Lipinski definition) is 1. The Kier molecular flexibility index (Phi) is 4.80. The second kappa shape index (κ2) is 7.18. The third-order valence-corrected chi connectivity index (χ3v) is 4.14. The Balaban J connectivity index is 2.12. The van der Waals surface area contributed by atoms with Gasteiger partial charge in [-0.15, -0.1) is 0 Å². The highest BCUT2D eigenvalue weighted by Crippen LogP contribution is 2.44. The standard InChI is InChI=1S/C21H20O4/c1-23-16-8-4-14(5-9-16)18-12-13-19(25-3)20(21(18)22)15-6-10-17(24-2)11-7-15/h4-13,22H,1-3H3. The third-order valence-electron chi connectivity index (χ3n) is 4.14. The summed E-state index contributed by atoms with van der Waals surface area (Å²) in [6.45, 7) is 0. The maximum Gasteiger partial charge on any atom is 0.134 e. The summed E-state index contributed by atoms with van der Waals surface area (Å²) in [6, 6.07) is 18.8. The molecule has 0 aliphatic carbocycles. The zero-order valence-electron chi connectivity index (χ0n) is 14.4. The first-order valence-corrected chi connectivity index (χ1v) is 7.86. The van der Waals surface area contributed by atoms with Crippen molar-refractivity contribution in [2.24, 2.45) is 0 Å². The maximum atomic E-state index is 10.9. The van der Waals surface area contributed by atoms with Crippen LogP contribution in [0.4, 0.5) is 0 Å². The lowest BCUT2D eigenvalue weighted by molar-refractivity contribution is 0.410. The number of phenolic OH excluding ortho intramolecular Hbond substituents is 1. The molecule has 3 aromatic carbocycles. The number of benzene rings is 3. The molecule has 0 aromatic heterocycles. The molecule has 0 radical (unpaired) electrons. The van der Waals surface area contributed by atoms with E-state index in [-0.39, 0.29) is 5.75 Å². The van der Waals surface area contributed by atoms with Crippen molar-refractivity contribution in [3.8, 4) is 45.3 Å². The minimum absolute atomic E-state index is 0.176. The smallest absolute Gasteiger partial charge is 0.134 e. The molecule has 1 N–H and O–H groups in total.